The summed E-state index contributed by atoms with van der Waals surface area (Å²) in [7, 11) is 1.70. The van der Waals surface area contributed by atoms with Crippen LogP contribution in [0.4, 0.5) is 0 Å². The second kappa shape index (κ2) is 7.57. The molecule has 1 aromatic rings. The molecule has 2 atom stereocenters. The number of likely N-dealkylation sites (tertiary alicyclic amines) is 1. The third-order valence-corrected chi connectivity index (χ3v) is 5.99. The van der Waals surface area contributed by atoms with E-state index in [2.05, 4.69) is 22.3 Å². The molecule has 2 heterocycles. The van der Waals surface area contributed by atoms with E-state index in [0.29, 0.717) is 6.54 Å². The minimum atomic E-state index is -0.0142. The molecular formula is C21H30N2O3. The molecule has 26 heavy (non-hydrogen) atoms. The Balaban J connectivity index is 1.28. The van der Waals surface area contributed by atoms with E-state index in [9.17, 15) is 4.79 Å². The van der Waals surface area contributed by atoms with Crippen molar-refractivity contribution >= 4 is 5.91 Å². The number of rotatable bonds is 6. The average Bonchev–Trinajstić information content (AvgIpc) is 3.45. The Morgan fingerprint density at radius 1 is 1.27 bits per heavy atom. The molecule has 3 fully saturated rings. The van der Waals surface area contributed by atoms with E-state index in [0.717, 1.165) is 57.5 Å². The maximum absolute atomic E-state index is 11.9. The fourth-order valence-corrected chi connectivity index (χ4v) is 4.32. The van der Waals surface area contributed by atoms with E-state index in [1.807, 2.05) is 12.1 Å². The summed E-state index contributed by atoms with van der Waals surface area (Å²) in [6, 6.07) is 8.33. The Kier molecular flexibility index (Phi) is 5.18. The van der Waals surface area contributed by atoms with Crippen LogP contribution in [0.2, 0.25) is 0 Å². The van der Waals surface area contributed by atoms with Crippen LogP contribution in [0, 0.1) is 5.92 Å². The van der Waals surface area contributed by atoms with E-state index in [1.165, 1.54) is 12.0 Å². The third-order valence-electron chi connectivity index (χ3n) is 5.99. The molecule has 4 rings (SSSR count). The largest absolute Gasteiger partial charge is 0.497 e. The van der Waals surface area contributed by atoms with Gasteiger partial charge in [0.2, 0.25) is 5.91 Å². The summed E-state index contributed by atoms with van der Waals surface area (Å²) in [5, 5.41) is 3.09. The van der Waals surface area contributed by atoms with Crippen LogP contribution < -0.4 is 10.1 Å². The van der Waals surface area contributed by atoms with Crippen LogP contribution in [0.5, 0.6) is 5.75 Å². The Morgan fingerprint density at radius 2 is 2.08 bits per heavy atom. The van der Waals surface area contributed by atoms with Crippen LogP contribution >= 0.6 is 0 Å². The molecule has 0 bridgehead atoms. The van der Waals surface area contributed by atoms with Crippen molar-refractivity contribution in [3.63, 3.8) is 0 Å². The van der Waals surface area contributed by atoms with Crippen molar-refractivity contribution in [2.75, 3.05) is 26.7 Å². The van der Waals surface area contributed by atoms with Crippen LogP contribution in [-0.4, -0.2) is 49.3 Å². The van der Waals surface area contributed by atoms with E-state index in [-0.39, 0.29) is 23.5 Å². The molecule has 0 aromatic heterocycles. The summed E-state index contributed by atoms with van der Waals surface area (Å²) in [5.74, 6) is 1.40. The van der Waals surface area contributed by atoms with Gasteiger partial charge in [0.1, 0.15) is 5.75 Å². The number of hydrogen-bond acceptors (Lipinski definition) is 4. The van der Waals surface area contributed by atoms with Gasteiger partial charge >= 0.3 is 0 Å². The Bertz CT molecular complexity index is 629. The molecule has 0 radical (unpaired) electrons. The van der Waals surface area contributed by atoms with Crippen molar-refractivity contribution < 1.29 is 14.3 Å². The summed E-state index contributed by atoms with van der Waals surface area (Å²) in [5.41, 5.74) is 1.30. The minimum Gasteiger partial charge on any atom is -0.497 e. The van der Waals surface area contributed by atoms with Gasteiger partial charge in [-0.05, 0) is 56.2 Å². The highest BCUT2D eigenvalue weighted by atomic mass is 16.5. The highest BCUT2D eigenvalue weighted by Gasteiger charge is 2.43. The van der Waals surface area contributed by atoms with Gasteiger partial charge in [-0.1, -0.05) is 12.1 Å². The van der Waals surface area contributed by atoms with Crippen molar-refractivity contribution in [2.45, 2.75) is 56.8 Å². The lowest BCUT2D eigenvalue weighted by atomic mass is 9.90. The third kappa shape index (κ3) is 4.21. The molecule has 2 saturated heterocycles. The predicted octanol–water partition coefficient (Wildman–Crippen LogP) is 2.74. The zero-order valence-electron chi connectivity index (χ0n) is 15.7. The zero-order valence-corrected chi connectivity index (χ0v) is 15.7. The number of amides is 1. The highest BCUT2D eigenvalue weighted by Crippen LogP contribution is 2.37. The van der Waals surface area contributed by atoms with Crippen molar-refractivity contribution in [1.82, 2.24) is 10.2 Å². The second-order valence-corrected chi connectivity index (χ2v) is 8.14. The molecule has 1 saturated carbocycles. The van der Waals surface area contributed by atoms with E-state index >= 15 is 0 Å². The fraction of sp³-hybridized carbons (Fsp3) is 0.667. The lowest BCUT2D eigenvalue weighted by Gasteiger charge is -2.39. The molecule has 1 N–H and O–H groups in total. The summed E-state index contributed by atoms with van der Waals surface area (Å²) in [6.07, 6.45) is 6.77. The SMILES string of the molecule is COc1ccc(CN2CC[C@@]3(CCC[C@H](CNC(=O)C4CC4)O3)C2)cc1. The van der Waals surface area contributed by atoms with Crippen LogP contribution in [0.1, 0.15) is 44.1 Å². The fourth-order valence-electron chi connectivity index (χ4n) is 4.32. The molecule has 2 aliphatic heterocycles. The molecule has 1 amide bonds. The number of benzene rings is 1. The molecule has 5 nitrogen and oxygen atoms in total. The molecule has 142 valence electrons. The maximum atomic E-state index is 11.9. The molecule has 1 aliphatic carbocycles. The number of methoxy groups -OCH3 is 1. The van der Waals surface area contributed by atoms with Crippen LogP contribution in [0.25, 0.3) is 0 Å². The molecule has 1 spiro atoms. The minimum absolute atomic E-state index is 0.0142. The molecule has 1 aromatic carbocycles. The van der Waals surface area contributed by atoms with Gasteiger partial charge < -0.3 is 14.8 Å². The molecule has 5 heteroatoms. The first-order valence-electron chi connectivity index (χ1n) is 9.97. The van der Waals surface area contributed by atoms with Crippen molar-refractivity contribution in [3.05, 3.63) is 29.8 Å². The number of carbonyl (C=O) groups is 1. The maximum Gasteiger partial charge on any atom is 0.223 e. The molecule has 0 unspecified atom stereocenters. The van der Waals surface area contributed by atoms with Gasteiger partial charge in [0.15, 0.2) is 0 Å². The van der Waals surface area contributed by atoms with Crippen LogP contribution in [0.3, 0.4) is 0 Å². The first-order chi connectivity index (χ1) is 12.7. The van der Waals surface area contributed by atoms with Crippen molar-refractivity contribution in [3.8, 4) is 5.75 Å². The first kappa shape index (κ1) is 17.8. The van der Waals surface area contributed by atoms with Gasteiger partial charge in [0.05, 0.1) is 18.8 Å². The Hall–Kier alpha value is -1.59. The summed E-state index contributed by atoms with van der Waals surface area (Å²) < 4.78 is 11.7. The number of ether oxygens (including phenoxy) is 2. The predicted molar refractivity (Wildman–Crippen MR) is 100 cm³/mol. The zero-order chi connectivity index (χ0) is 18.0. The van der Waals surface area contributed by atoms with Crippen molar-refractivity contribution in [2.24, 2.45) is 5.92 Å². The van der Waals surface area contributed by atoms with E-state index in [1.54, 1.807) is 7.11 Å². The van der Waals surface area contributed by atoms with Gasteiger partial charge in [0.25, 0.3) is 0 Å². The Morgan fingerprint density at radius 3 is 2.81 bits per heavy atom. The number of nitrogens with zero attached hydrogens (tertiary/aromatic N) is 1. The smallest absolute Gasteiger partial charge is 0.223 e. The van der Waals surface area contributed by atoms with Gasteiger partial charge in [0, 0.05) is 32.1 Å². The summed E-state index contributed by atoms with van der Waals surface area (Å²) in [6.45, 7) is 3.70. The number of nitrogens with one attached hydrogen (secondary N) is 1. The molecular weight excluding hydrogens is 328 g/mol. The summed E-state index contributed by atoms with van der Waals surface area (Å²) >= 11 is 0. The normalized spacial score (nSPS) is 29.0. The van der Waals surface area contributed by atoms with Gasteiger partial charge in [-0.15, -0.1) is 0 Å². The van der Waals surface area contributed by atoms with Crippen molar-refractivity contribution in [1.29, 1.82) is 0 Å². The number of hydrogen-bond donors (Lipinski definition) is 1. The van der Waals surface area contributed by atoms with Gasteiger partial charge in [-0.3, -0.25) is 9.69 Å². The highest BCUT2D eigenvalue weighted by molar-refractivity contribution is 5.80. The van der Waals surface area contributed by atoms with E-state index in [4.69, 9.17) is 9.47 Å². The standard InChI is InChI=1S/C21H30N2O3/c1-25-18-8-4-16(5-9-18)14-23-12-11-21(15-23)10-2-3-19(26-21)13-22-20(24)17-6-7-17/h4-5,8-9,17,19H,2-3,6-7,10-15H2,1H3,(H,22,24)/t19-,21+/m1/s1. The second-order valence-electron chi connectivity index (χ2n) is 8.14. The lowest BCUT2D eigenvalue weighted by Crippen LogP contribution is -2.47. The molecule has 3 aliphatic rings. The number of carbonyl (C=O) groups excluding carboxylic acids is 1. The quantitative estimate of drug-likeness (QED) is 0.850. The summed E-state index contributed by atoms with van der Waals surface area (Å²) in [4.78, 5) is 14.4. The van der Waals surface area contributed by atoms with E-state index < -0.39 is 0 Å². The van der Waals surface area contributed by atoms with Crippen LogP contribution in [-0.2, 0) is 16.1 Å². The topological polar surface area (TPSA) is 50.8 Å². The monoisotopic (exact) mass is 358 g/mol. The van der Waals surface area contributed by atoms with Crippen LogP contribution in [0.15, 0.2) is 24.3 Å². The van der Waals surface area contributed by atoms with Gasteiger partial charge in [-0.2, -0.15) is 0 Å². The van der Waals surface area contributed by atoms with Gasteiger partial charge in [-0.25, -0.2) is 0 Å². The lowest BCUT2D eigenvalue weighted by molar-refractivity contribution is -0.131. The first-order valence-corrected chi connectivity index (χ1v) is 9.97. The Labute approximate surface area is 156 Å². The average molecular weight is 358 g/mol.